The molecule has 0 heterocycles. The van der Waals surface area contributed by atoms with E-state index < -0.39 is 0 Å². The molecule has 19 heavy (non-hydrogen) atoms. The van der Waals surface area contributed by atoms with Gasteiger partial charge in [-0.1, -0.05) is 30.3 Å². The number of rotatable bonds is 4. The van der Waals surface area contributed by atoms with E-state index in [-0.39, 0.29) is 5.91 Å². The lowest BCUT2D eigenvalue weighted by molar-refractivity contribution is 0.0537. The Morgan fingerprint density at radius 2 is 1.79 bits per heavy atom. The number of hydrogen-bond donors (Lipinski definition) is 1. The zero-order valence-electron chi connectivity index (χ0n) is 10.8. The fourth-order valence-electron chi connectivity index (χ4n) is 1.84. The van der Waals surface area contributed by atoms with E-state index in [1.165, 1.54) is 7.11 Å². The van der Waals surface area contributed by atoms with Crippen molar-refractivity contribution in [2.24, 2.45) is 0 Å². The average molecular weight is 257 g/mol. The summed E-state index contributed by atoms with van der Waals surface area (Å²) >= 11 is 0. The Morgan fingerprint density at radius 3 is 2.42 bits per heavy atom. The molecule has 1 amide bonds. The third kappa shape index (κ3) is 2.92. The van der Waals surface area contributed by atoms with Crippen molar-refractivity contribution >= 4 is 5.91 Å². The number of amides is 1. The summed E-state index contributed by atoms with van der Waals surface area (Å²) in [4.78, 5) is 16.4. The van der Waals surface area contributed by atoms with Gasteiger partial charge in [0, 0.05) is 11.1 Å². The van der Waals surface area contributed by atoms with Gasteiger partial charge >= 0.3 is 0 Å². The van der Waals surface area contributed by atoms with Crippen LogP contribution in [0.5, 0.6) is 5.75 Å². The number of ether oxygens (including phenoxy) is 1. The molecule has 0 saturated carbocycles. The predicted molar refractivity (Wildman–Crippen MR) is 72.9 cm³/mol. The van der Waals surface area contributed by atoms with Gasteiger partial charge in [0.25, 0.3) is 5.91 Å². The van der Waals surface area contributed by atoms with Crippen molar-refractivity contribution in [2.75, 3.05) is 14.2 Å². The first kappa shape index (κ1) is 13.1. The lowest BCUT2D eigenvalue weighted by Crippen LogP contribution is -2.21. The second-order valence-corrected chi connectivity index (χ2v) is 3.92. The van der Waals surface area contributed by atoms with Gasteiger partial charge in [-0.25, -0.2) is 5.48 Å². The van der Waals surface area contributed by atoms with Gasteiger partial charge in [-0.3, -0.25) is 9.63 Å². The molecule has 0 aliphatic rings. The van der Waals surface area contributed by atoms with Crippen molar-refractivity contribution in [1.29, 1.82) is 0 Å². The van der Waals surface area contributed by atoms with Crippen LogP contribution in [0.15, 0.2) is 48.5 Å². The maximum Gasteiger partial charge on any atom is 0.274 e. The number of hydrogen-bond acceptors (Lipinski definition) is 3. The quantitative estimate of drug-likeness (QED) is 0.856. The normalized spacial score (nSPS) is 10.0. The summed E-state index contributed by atoms with van der Waals surface area (Å²) in [6.07, 6.45) is 0. The predicted octanol–water partition coefficient (Wildman–Crippen LogP) is 2.65. The van der Waals surface area contributed by atoms with Crippen LogP contribution in [0.4, 0.5) is 0 Å². The minimum atomic E-state index is -0.290. The lowest BCUT2D eigenvalue weighted by Gasteiger charge is -2.10. The van der Waals surface area contributed by atoms with Crippen LogP contribution >= 0.6 is 0 Å². The molecular weight excluding hydrogens is 242 g/mol. The smallest absolute Gasteiger partial charge is 0.274 e. The molecule has 0 spiro atoms. The number of nitrogens with one attached hydrogen (secondary N) is 1. The molecule has 2 rings (SSSR count). The van der Waals surface area contributed by atoms with Gasteiger partial charge in [-0.2, -0.15) is 0 Å². The van der Waals surface area contributed by atoms with Crippen molar-refractivity contribution in [3.8, 4) is 16.9 Å². The Bertz CT molecular complexity index is 567. The highest BCUT2D eigenvalue weighted by molar-refractivity contribution is 5.95. The van der Waals surface area contributed by atoms with Crippen LogP contribution in [0, 0.1) is 0 Å². The van der Waals surface area contributed by atoms with E-state index in [1.807, 2.05) is 30.3 Å². The third-order valence-electron chi connectivity index (χ3n) is 2.74. The summed E-state index contributed by atoms with van der Waals surface area (Å²) in [5.74, 6) is 0.433. The van der Waals surface area contributed by atoms with Crippen LogP contribution in [0.1, 0.15) is 10.4 Å². The fraction of sp³-hybridized carbons (Fsp3) is 0.133. The molecule has 0 atom stereocenters. The molecule has 4 nitrogen and oxygen atoms in total. The molecule has 2 aromatic rings. The fourth-order valence-corrected chi connectivity index (χ4v) is 1.84. The minimum absolute atomic E-state index is 0.290. The van der Waals surface area contributed by atoms with E-state index in [0.717, 1.165) is 16.9 Å². The van der Waals surface area contributed by atoms with Crippen molar-refractivity contribution in [2.45, 2.75) is 0 Å². The van der Waals surface area contributed by atoms with Gasteiger partial charge < -0.3 is 4.74 Å². The molecule has 0 aliphatic carbocycles. The summed E-state index contributed by atoms with van der Waals surface area (Å²) in [7, 11) is 3.01. The van der Waals surface area contributed by atoms with Crippen LogP contribution in [0.25, 0.3) is 11.1 Å². The Labute approximate surface area is 111 Å². The number of hydroxylamine groups is 1. The second kappa shape index (κ2) is 6.02. The molecule has 0 unspecified atom stereocenters. The SMILES string of the molecule is CONC(=O)c1ccc(OC)c(-c2ccccc2)c1. The molecule has 2 aromatic carbocycles. The van der Waals surface area contributed by atoms with Crippen molar-refractivity contribution < 1.29 is 14.4 Å². The Kier molecular flexibility index (Phi) is 4.15. The van der Waals surface area contributed by atoms with Gasteiger partial charge in [-0.05, 0) is 23.8 Å². The average Bonchev–Trinajstić information content (AvgIpc) is 2.47. The highest BCUT2D eigenvalue weighted by Crippen LogP contribution is 2.30. The van der Waals surface area contributed by atoms with Gasteiger partial charge in [0.05, 0.1) is 14.2 Å². The van der Waals surface area contributed by atoms with Crippen LogP contribution in [0.3, 0.4) is 0 Å². The number of benzene rings is 2. The van der Waals surface area contributed by atoms with Gasteiger partial charge in [0.15, 0.2) is 0 Å². The van der Waals surface area contributed by atoms with E-state index in [0.29, 0.717) is 5.56 Å². The Balaban J connectivity index is 2.46. The summed E-state index contributed by atoms with van der Waals surface area (Å²) in [5.41, 5.74) is 4.67. The number of carbonyl (C=O) groups is 1. The summed E-state index contributed by atoms with van der Waals surface area (Å²) in [6.45, 7) is 0. The molecule has 0 bridgehead atoms. The molecule has 0 aromatic heterocycles. The summed E-state index contributed by atoms with van der Waals surface area (Å²) in [6, 6.07) is 15.0. The molecule has 0 fully saturated rings. The number of methoxy groups -OCH3 is 1. The molecule has 0 aliphatic heterocycles. The van der Waals surface area contributed by atoms with Gasteiger partial charge in [0.1, 0.15) is 5.75 Å². The van der Waals surface area contributed by atoms with E-state index in [1.54, 1.807) is 25.3 Å². The second-order valence-electron chi connectivity index (χ2n) is 3.92. The zero-order valence-corrected chi connectivity index (χ0v) is 10.8. The van der Waals surface area contributed by atoms with Crippen LogP contribution < -0.4 is 10.2 Å². The van der Waals surface area contributed by atoms with Gasteiger partial charge in [-0.15, -0.1) is 0 Å². The van der Waals surface area contributed by atoms with Crippen molar-refractivity contribution in [3.05, 3.63) is 54.1 Å². The van der Waals surface area contributed by atoms with Crippen LogP contribution in [0.2, 0.25) is 0 Å². The van der Waals surface area contributed by atoms with E-state index in [4.69, 9.17) is 4.74 Å². The van der Waals surface area contributed by atoms with Crippen LogP contribution in [-0.4, -0.2) is 20.1 Å². The first-order valence-corrected chi connectivity index (χ1v) is 5.83. The molecular formula is C15H15NO3. The highest BCUT2D eigenvalue weighted by atomic mass is 16.6. The van der Waals surface area contributed by atoms with Crippen molar-refractivity contribution in [1.82, 2.24) is 5.48 Å². The summed E-state index contributed by atoms with van der Waals surface area (Å²) < 4.78 is 5.33. The molecule has 0 saturated heterocycles. The van der Waals surface area contributed by atoms with Gasteiger partial charge in [0.2, 0.25) is 0 Å². The largest absolute Gasteiger partial charge is 0.496 e. The maximum absolute atomic E-state index is 11.8. The topological polar surface area (TPSA) is 47.6 Å². The van der Waals surface area contributed by atoms with E-state index in [9.17, 15) is 4.79 Å². The van der Waals surface area contributed by atoms with Crippen LogP contribution in [-0.2, 0) is 4.84 Å². The first-order chi connectivity index (χ1) is 9.26. The Hall–Kier alpha value is -2.33. The number of carbonyl (C=O) groups excluding carboxylic acids is 1. The molecule has 98 valence electrons. The molecule has 1 N–H and O–H groups in total. The van der Waals surface area contributed by atoms with E-state index in [2.05, 4.69) is 10.3 Å². The Morgan fingerprint density at radius 1 is 1.05 bits per heavy atom. The summed E-state index contributed by atoms with van der Waals surface area (Å²) in [5, 5.41) is 0. The van der Waals surface area contributed by atoms with E-state index >= 15 is 0 Å². The zero-order chi connectivity index (χ0) is 13.7. The standard InChI is InChI=1S/C15H15NO3/c1-18-14-9-8-12(15(17)16-19-2)10-13(14)11-6-4-3-5-7-11/h3-10H,1-2H3,(H,16,17). The maximum atomic E-state index is 11.8. The first-order valence-electron chi connectivity index (χ1n) is 5.83. The highest BCUT2D eigenvalue weighted by Gasteiger charge is 2.11. The monoisotopic (exact) mass is 257 g/mol. The molecule has 4 heteroatoms. The minimum Gasteiger partial charge on any atom is -0.496 e. The van der Waals surface area contributed by atoms with Crippen molar-refractivity contribution in [3.63, 3.8) is 0 Å². The molecule has 0 radical (unpaired) electrons. The third-order valence-corrected chi connectivity index (χ3v) is 2.74. The lowest BCUT2D eigenvalue weighted by atomic mass is 10.0.